The summed E-state index contributed by atoms with van der Waals surface area (Å²) in [4.78, 5) is 35.6. The quantitative estimate of drug-likeness (QED) is 0.410. The number of rotatable bonds is 6. The van der Waals surface area contributed by atoms with Crippen LogP contribution in [0.1, 0.15) is 16.9 Å². The molecule has 10 heteroatoms. The molecule has 9 nitrogen and oxygen atoms in total. The first-order valence-electron chi connectivity index (χ1n) is 10.2. The number of fused-ring (bicyclic) bond motifs is 1. The highest BCUT2D eigenvalue weighted by Crippen LogP contribution is 2.35. The average molecular weight is 462 g/mol. The van der Waals surface area contributed by atoms with Gasteiger partial charge in [0.2, 0.25) is 11.7 Å². The van der Waals surface area contributed by atoms with Crippen LogP contribution in [0.2, 0.25) is 0 Å². The number of benzene rings is 1. The highest BCUT2D eigenvalue weighted by molar-refractivity contribution is 7.22. The van der Waals surface area contributed by atoms with Crippen molar-refractivity contribution in [3.8, 4) is 22.2 Å². The zero-order chi connectivity index (χ0) is 22.9. The molecule has 4 heterocycles. The van der Waals surface area contributed by atoms with Crippen LogP contribution in [0.5, 0.6) is 0 Å². The first kappa shape index (κ1) is 20.8. The fraction of sp³-hybridized carbons (Fsp3) is 0.174. The topological polar surface area (TPSA) is 116 Å². The van der Waals surface area contributed by atoms with Crippen LogP contribution in [0.25, 0.3) is 32.4 Å². The van der Waals surface area contributed by atoms with Crippen LogP contribution in [-0.2, 0) is 17.9 Å². The van der Waals surface area contributed by atoms with Gasteiger partial charge >= 0.3 is 0 Å². The predicted octanol–water partition coefficient (Wildman–Crippen LogP) is 3.70. The van der Waals surface area contributed by atoms with Crippen molar-refractivity contribution in [1.82, 2.24) is 25.0 Å². The second-order valence-corrected chi connectivity index (χ2v) is 8.51. The Labute approximate surface area is 191 Å². The van der Waals surface area contributed by atoms with E-state index in [1.54, 1.807) is 12.1 Å². The van der Waals surface area contributed by atoms with E-state index >= 15 is 0 Å². The summed E-state index contributed by atoms with van der Waals surface area (Å²) in [5.41, 5.74) is 2.31. The molecule has 33 heavy (non-hydrogen) atoms. The molecule has 0 bridgehead atoms. The van der Waals surface area contributed by atoms with Crippen molar-refractivity contribution in [2.45, 2.75) is 26.9 Å². The summed E-state index contributed by atoms with van der Waals surface area (Å²) in [6.45, 7) is 3.90. The molecule has 1 aromatic carbocycles. The number of furan rings is 1. The molecule has 0 aliphatic rings. The third-order valence-electron chi connectivity index (χ3n) is 5.28. The monoisotopic (exact) mass is 461 g/mol. The van der Waals surface area contributed by atoms with E-state index in [0.717, 1.165) is 11.1 Å². The first-order valence-corrected chi connectivity index (χ1v) is 11.0. The summed E-state index contributed by atoms with van der Waals surface area (Å²) < 4.78 is 12.0. The van der Waals surface area contributed by atoms with Crippen LogP contribution in [-0.4, -0.2) is 25.6 Å². The first-order chi connectivity index (χ1) is 16.0. The molecule has 166 valence electrons. The van der Waals surface area contributed by atoms with Gasteiger partial charge in [-0.3, -0.25) is 14.2 Å². The summed E-state index contributed by atoms with van der Waals surface area (Å²) in [5.74, 6) is 1.13. The molecule has 0 aliphatic heterocycles. The molecule has 0 fully saturated rings. The molecule has 5 aromatic rings. The molecule has 0 saturated heterocycles. The molecule has 4 aromatic heterocycles. The number of aryl methyl sites for hydroxylation is 2. The van der Waals surface area contributed by atoms with Crippen LogP contribution in [0.3, 0.4) is 0 Å². The Kier molecular flexibility index (Phi) is 5.35. The fourth-order valence-electron chi connectivity index (χ4n) is 3.53. The molecule has 0 saturated carbocycles. The molecule has 1 amide bonds. The van der Waals surface area contributed by atoms with Crippen LogP contribution in [0.15, 0.2) is 62.7 Å². The second kappa shape index (κ2) is 8.47. The zero-order valence-electron chi connectivity index (χ0n) is 17.9. The van der Waals surface area contributed by atoms with Gasteiger partial charge in [0, 0.05) is 5.56 Å². The number of nitrogens with zero attached hydrogens (tertiary/aromatic N) is 4. The Morgan fingerprint density at radius 2 is 2.03 bits per heavy atom. The molecule has 0 atom stereocenters. The number of nitrogens with one attached hydrogen (secondary N) is 1. The minimum absolute atomic E-state index is 0.148. The zero-order valence-corrected chi connectivity index (χ0v) is 18.7. The van der Waals surface area contributed by atoms with E-state index in [2.05, 4.69) is 20.4 Å². The minimum atomic E-state index is -0.317. The SMILES string of the molecule is Cc1ccccc1-c1noc(-c2sc3ncn(CC(=O)NCc4ccco4)c(=O)c3c2C)n1. The van der Waals surface area contributed by atoms with E-state index in [-0.39, 0.29) is 24.6 Å². The molecular formula is C23H19N5O4S. The van der Waals surface area contributed by atoms with Crippen molar-refractivity contribution in [1.29, 1.82) is 0 Å². The molecule has 5 rings (SSSR count). The number of thiophene rings is 1. The largest absolute Gasteiger partial charge is 0.467 e. The van der Waals surface area contributed by atoms with Gasteiger partial charge in [-0.25, -0.2) is 4.98 Å². The number of amides is 1. The van der Waals surface area contributed by atoms with Crippen molar-refractivity contribution in [2.24, 2.45) is 0 Å². The van der Waals surface area contributed by atoms with E-state index in [4.69, 9.17) is 8.94 Å². The maximum atomic E-state index is 13.1. The summed E-state index contributed by atoms with van der Waals surface area (Å²) in [5, 5.41) is 7.28. The molecule has 0 aliphatic carbocycles. The van der Waals surface area contributed by atoms with Gasteiger partial charge in [0.1, 0.15) is 17.1 Å². The van der Waals surface area contributed by atoms with E-state index < -0.39 is 0 Å². The van der Waals surface area contributed by atoms with Gasteiger partial charge in [0.25, 0.3) is 11.4 Å². The van der Waals surface area contributed by atoms with Gasteiger partial charge in [-0.2, -0.15) is 4.98 Å². The minimum Gasteiger partial charge on any atom is -0.467 e. The van der Waals surface area contributed by atoms with Crippen molar-refractivity contribution >= 4 is 27.5 Å². The Bertz CT molecular complexity index is 1510. The van der Waals surface area contributed by atoms with Crippen LogP contribution < -0.4 is 10.9 Å². The van der Waals surface area contributed by atoms with Gasteiger partial charge in [-0.1, -0.05) is 29.4 Å². The summed E-state index contributed by atoms with van der Waals surface area (Å²) in [6.07, 6.45) is 2.91. The molecule has 0 radical (unpaired) electrons. The second-order valence-electron chi connectivity index (χ2n) is 7.51. The third-order valence-corrected chi connectivity index (χ3v) is 6.47. The van der Waals surface area contributed by atoms with Gasteiger partial charge in [-0.05, 0) is 37.1 Å². The number of carbonyl (C=O) groups excluding carboxylic acids is 1. The van der Waals surface area contributed by atoms with Gasteiger partial charge in [-0.15, -0.1) is 11.3 Å². The highest BCUT2D eigenvalue weighted by atomic mass is 32.1. The Balaban J connectivity index is 1.43. The van der Waals surface area contributed by atoms with Crippen molar-refractivity contribution < 1.29 is 13.7 Å². The summed E-state index contributed by atoms with van der Waals surface area (Å²) >= 11 is 1.31. The fourth-order valence-corrected chi connectivity index (χ4v) is 4.60. The van der Waals surface area contributed by atoms with Gasteiger partial charge < -0.3 is 14.3 Å². The number of carbonyl (C=O) groups is 1. The van der Waals surface area contributed by atoms with E-state index in [1.165, 1.54) is 28.5 Å². The van der Waals surface area contributed by atoms with Crippen LogP contribution in [0, 0.1) is 13.8 Å². The average Bonchev–Trinajstić information content (AvgIpc) is 3.55. The standard InChI is InChI=1S/C23H19N5O4S/c1-13-6-3-4-8-16(13)20-26-21(32-27-20)19-14(2)18-22(33-19)25-12-28(23(18)30)11-17(29)24-10-15-7-5-9-31-15/h3-9,12H,10-11H2,1-2H3,(H,24,29). The van der Waals surface area contributed by atoms with Crippen molar-refractivity contribution in [2.75, 3.05) is 0 Å². The van der Waals surface area contributed by atoms with Crippen LogP contribution in [0.4, 0.5) is 0 Å². The van der Waals surface area contributed by atoms with Crippen molar-refractivity contribution in [3.05, 3.63) is 76.2 Å². The molecule has 0 unspecified atom stereocenters. The molecule has 1 N–H and O–H groups in total. The Hall–Kier alpha value is -4.05. The third kappa shape index (κ3) is 3.96. The molecule has 0 spiro atoms. The Morgan fingerprint density at radius 1 is 1.18 bits per heavy atom. The normalized spacial score (nSPS) is 11.2. The lowest BCUT2D eigenvalue weighted by molar-refractivity contribution is -0.122. The van der Waals surface area contributed by atoms with Crippen molar-refractivity contribution in [3.63, 3.8) is 0 Å². The summed E-state index contributed by atoms with van der Waals surface area (Å²) in [6, 6.07) is 11.3. The summed E-state index contributed by atoms with van der Waals surface area (Å²) in [7, 11) is 0. The number of hydrogen-bond donors (Lipinski definition) is 1. The highest BCUT2D eigenvalue weighted by Gasteiger charge is 2.21. The van der Waals surface area contributed by atoms with E-state index in [0.29, 0.717) is 38.1 Å². The lowest BCUT2D eigenvalue weighted by Crippen LogP contribution is -2.32. The number of hydrogen-bond acceptors (Lipinski definition) is 8. The lowest BCUT2D eigenvalue weighted by Gasteiger charge is -2.06. The van der Waals surface area contributed by atoms with E-state index in [9.17, 15) is 9.59 Å². The van der Waals surface area contributed by atoms with Gasteiger partial charge in [0.05, 0.1) is 29.4 Å². The maximum Gasteiger partial charge on any atom is 0.268 e. The van der Waals surface area contributed by atoms with Crippen LogP contribution >= 0.6 is 11.3 Å². The molecular weight excluding hydrogens is 442 g/mol. The number of aromatic nitrogens is 4. The Morgan fingerprint density at radius 3 is 2.82 bits per heavy atom. The smallest absolute Gasteiger partial charge is 0.268 e. The maximum absolute atomic E-state index is 13.1. The lowest BCUT2D eigenvalue weighted by atomic mass is 10.1. The predicted molar refractivity (Wildman–Crippen MR) is 123 cm³/mol. The van der Waals surface area contributed by atoms with E-state index in [1.807, 2.05) is 38.1 Å². The van der Waals surface area contributed by atoms with Gasteiger partial charge in [0.15, 0.2) is 0 Å².